The summed E-state index contributed by atoms with van der Waals surface area (Å²) in [7, 11) is -3.72. The number of anilines is 1. The lowest BCUT2D eigenvalue weighted by atomic mass is 10.1. The SMILES string of the molecule is CCN(CC)S(=O)(=O)c1cc(C(=O)OCC(=O)Nc2ccc(C)c(C)c2)ccc1C. The van der Waals surface area contributed by atoms with Gasteiger partial charge >= 0.3 is 5.97 Å². The molecular weight excluding hydrogens is 404 g/mol. The summed E-state index contributed by atoms with van der Waals surface area (Å²) >= 11 is 0. The van der Waals surface area contributed by atoms with Gasteiger partial charge in [0.2, 0.25) is 10.0 Å². The lowest BCUT2D eigenvalue weighted by molar-refractivity contribution is -0.119. The van der Waals surface area contributed by atoms with Gasteiger partial charge < -0.3 is 10.1 Å². The Kier molecular flexibility index (Phi) is 7.75. The van der Waals surface area contributed by atoms with Gasteiger partial charge in [-0.15, -0.1) is 0 Å². The third-order valence-electron chi connectivity index (χ3n) is 4.87. The van der Waals surface area contributed by atoms with Crippen LogP contribution in [-0.4, -0.2) is 44.3 Å². The standard InChI is InChI=1S/C22H28N2O5S/c1-6-24(7-2)30(27,28)20-13-18(10-8-16(20)4)22(26)29-14-21(25)23-19-11-9-15(3)17(5)12-19/h8-13H,6-7,14H2,1-5H3,(H,23,25). The fraction of sp³-hybridized carbons (Fsp3) is 0.364. The zero-order valence-electron chi connectivity index (χ0n) is 18.0. The zero-order valence-corrected chi connectivity index (χ0v) is 18.8. The van der Waals surface area contributed by atoms with E-state index in [9.17, 15) is 18.0 Å². The van der Waals surface area contributed by atoms with Crippen LogP contribution in [0, 0.1) is 20.8 Å². The van der Waals surface area contributed by atoms with Crippen LogP contribution in [0.5, 0.6) is 0 Å². The molecule has 2 aromatic carbocycles. The van der Waals surface area contributed by atoms with Gasteiger partial charge in [0.15, 0.2) is 6.61 Å². The minimum atomic E-state index is -3.72. The highest BCUT2D eigenvalue weighted by molar-refractivity contribution is 7.89. The Balaban J connectivity index is 2.10. The van der Waals surface area contributed by atoms with E-state index in [1.807, 2.05) is 26.0 Å². The highest BCUT2D eigenvalue weighted by Crippen LogP contribution is 2.22. The molecule has 30 heavy (non-hydrogen) atoms. The first kappa shape index (κ1) is 23.6. The summed E-state index contributed by atoms with van der Waals surface area (Å²) < 4.78 is 32.0. The van der Waals surface area contributed by atoms with E-state index in [0.717, 1.165) is 11.1 Å². The van der Waals surface area contributed by atoms with Crippen molar-refractivity contribution in [1.29, 1.82) is 0 Å². The number of benzene rings is 2. The summed E-state index contributed by atoms with van der Waals surface area (Å²) in [6.07, 6.45) is 0. The molecule has 0 bridgehead atoms. The molecule has 0 aliphatic rings. The van der Waals surface area contributed by atoms with Gasteiger partial charge in [0.1, 0.15) is 0 Å². The van der Waals surface area contributed by atoms with E-state index < -0.39 is 28.5 Å². The molecule has 7 nitrogen and oxygen atoms in total. The topological polar surface area (TPSA) is 92.8 Å². The fourth-order valence-corrected chi connectivity index (χ4v) is 4.65. The number of rotatable bonds is 8. The van der Waals surface area contributed by atoms with Crippen LogP contribution >= 0.6 is 0 Å². The molecule has 0 fully saturated rings. The van der Waals surface area contributed by atoms with Crippen LogP contribution in [-0.2, 0) is 19.6 Å². The molecule has 0 saturated carbocycles. The van der Waals surface area contributed by atoms with Crippen LogP contribution in [0.15, 0.2) is 41.3 Å². The fourth-order valence-electron chi connectivity index (χ4n) is 2.94. The summed E-state index contributed by atoms with van der Waals surface area (Å²) in [4.78, 5) is 24.5. The molecule has 1 N–H and O–H groups in total. The van der Waals surface area contributed by atoms with Crippen molar-refractivity contribution < 1.29 is 22.7 Å². The molecule has 0 radical (unpaired) electrons. The third-order valence-corrected chi connectivity index (χ3v) is 7.06. The lowest BCUT2D eigenvalue weighted by Crippen LogP contribution is -2.31. The average Bonchev–Trinajstić information content (AvgIpc) is 2.70. The van der Waals surface area contributed by atoms with E-state index in [2.05, 4.69) is 5.32 Å². The predicted octanol–water partition coefficient (Wildman–Crippen LogP) is 3.44. The number of hydrogen-bond acceptors (Lipinski definition) is 5. The van der Waals surface area contributed by atoms with Crippen molar-refractivity contribution in [3.8, 4) is 0 Å². The highest BCUT2D eigenvalue weighted by atomic mass is 32.2. The molecule has 8 heteroatoms. The van der Waals surface area contributed by atoms with Crippen LogP contribution in [0.25, 0.3) is 0 Å². The monoisotopic (exact) mass is 432 g/mol. The van der Waals surface area contributed by atoms with Crippen molar-refractivity contribution in [3.63, 3.8) is 0 Å². The second-order valence-corrected chi connectivity index (χ2v) is 8.90. The van der Waals surface area contributed by atoms with Gasteiger partial charge in [-0.3, -0.25) is 4.79 Å². The molecule has 2 aromatic rings. The molecule has 0 saturated heterocycles. The van der Waals surface area contributed by atoms with Gasteiger partial charge in [0, 0.05) is 18.8 Å². The van der Waals surface area contributed by atoms with Gasteiger partial charge in [0.25, 0.3) is 5.91 Å². The largest absolute Gasteiger partial charge is 0.452 e. The van der Waals surface area contributed by atoms with Gasteiger partial charge in [-0.05, 0) is 61.7 Å². The predicted molar refractivity (Wildman–Crippen MR) is 116 cm³/mol. The van der Waals surface area contributed by atoms with Crippen LogP contribution in [0.2, 0.25) is 0 Å². The van der Waals surface area contributed by atoms with E-state index in [1.54, 1.807) is 32.9 Å². The number of ether oxygens (including phenoxy) is 1. The molecular formula is C22H28N2O5S. The second-order valence-electron chi connectivity index (χ2n) is 6.99. The number of carbonyl (C=O) groups is 2. The molecule has 2 rings (SSSR count). The number of sulfonamides is 1. The summed E-state index contributed by atoms with van der Waals surface area (Å²) in [5.41, 5.74) is 3.36. The van der Waals surface area contributed by atoms with Crippen LogP contribution in [0.4, 0.5) is 5.69 Å². The first-order valence-electron chi connectivity index (χ1n) is 9.75. The third kappa shape index (κ3) is 5.46. The molecule has 0 atom stereocenters. The smallest absolute Gasteiger partial charge is 0.338 e. The Labute approximate surface area is 178 Å². The number of carbonyl (C=O) groups excluding carboxylic acids is 2. The Bertz CT molecular complexity index is 1040. The minimum absolute atomic E-state index is 0.0558. The van der Waals surface area contributed by atoms with Crippen molar-refractivity contribution in [2.24, 2.45) is 0 Å². The maximum absolute atomic E-state index is 12.8. The summed E-state index contributed by atoms with van der Waals surface area (Å²) in [5, 5.41) is 2.67. The quantitative estimate of drug-likeness (QED) is 0.645. The van der Waals surface area contributed by atoms with Gasteiger partial charge in [0.05, 0.1) is 10.5 Å². The van der Waals surface area contributed by atoms with Crippen LogP contribution in [0.1, 0.15) is 40.9 Å². The number of nitrogens with zero attached hydrogens (tertiary/aromatic N) is 1. The van der Waals surface area contributed by atoms with Gasteiger partial charge in [-0.2, -0.15) is 4.31 Å². The molecule has 0 aromatic heterocycles. The van der Waals surface area contributed by atoms with Crippen molar-refractivity contribution in [2.45, 2.75) is 39.5 Å². The molecule has 162 valence electrons. The van der Waals surface area contributed by atoms with Crippen LogP contribution in [0.3, 0.4) is 0 Å². The van der Waals surface area contributed by atoms with Crippen LogP contribution < -0.4 is 5.32 Å². The Hall–Kier alpha value is -2.71. The number of hydrogen-bond donors (Lipinski definition) is 1. The average molecular weight is 433 g/mol. The Morgan fingerprint density at radius 3 is 2.17 bits per heavy atom. The normalized spacial score (nSPS) is 11.4. The first-order valence-corrected chi connectivity index (χ1v) is 11.2. The van der Waals surface area contributed by atoms with Crippen molar-refractivity contribution in [1.82, 2.24) is 4.31 Å². The first-order chi connectivity index (χ1) is 14.1. The van der Waals surface area contributed by atoms with Crippen molar-refractivity contribution in [3.05, 3.63) is 58.7 Å². The van der Waals surface area contributed by atoms with E-state index in [0.29, 0.717) is 24.3 Å². The summed E-state index contributed by atoms with van der Waals surface area (Å²) in [6.45, 7) is 9.26. The second kappa shape index (κ2) is 9.86. The Morgan fingerprint density at radius 1 is 0.933 bits per heavy atom. The number of nitrogens with one attached hydrogen (secondary N) is 1. The zero-order chi connectivity index (χ0) is 22.5. The van der Waals surface area contributed by atoms with Gasteiger partial charge in [-0.25, -0.2) is 13.2 Å². The van der Waals surface area contributed by atoms with E-state index in [1.165, 1.54) is 16.4 Å². The summed E-state index contributed by atoms with van der Waals surface area (Å²) in [6, 6.07) is 9.84. The molecule has 1 amide bonds. The Morgan fingerprint density at radius 2 is 1.57 bits per heavy atom. The number of aryl methyl sites for hydroxylation is 3. The maximum atomic E-state index is 12.8. The molecule has 0 heterocycles. The van der Waals surface area contributed by atoms with Crippen molar-refractivity contribution >= 4 is 27.6 Å². The molecule has 0 spiro atoms. The minimum Gasteiger partial charge on any atom is -0.452 e. The van der Waals surface area contributed by atoms with E-state index in [4.69, 9.17) is 4.74 Å². The van der Waals surface area contributed by atoms with E-state index in [-0.39, 0.29) is 10.5 Å². The summed E-state index contributed by atoms with van der Waals surface area (Å²) in [5.74, 6) is -1.24. The molecule has 0 unspecified atom stereocenters. The number of esters is 1. The number of amides is 1. The lowest BCUT2D eigenvalue weighted by Gasteiger charge is -2.20. The molecule has 0 aliphatic carbocycles. The van der Waals surface area contributed by atoms with Gasteiger partial charge in [-0.1, -0.05) is 26.0 Å². The van der Waals surface area contributed by atoms with Crippen molar-refractivity contribution in [2.75, 3.05) is 25.0 Å². The van der Waals surface area contributed by atoms with E-state index >= 15 is 0 Å². The highest BCUT2D eigenvalue weighted by Gasteiger charge is 2.25. The maximum Gasteiger partial charge on any atom is 0.338 e. The molecule has 0 aliphatic heterocycles.